The Kier molecular flexibility index (Phi) is 45.2. The number of carbonyl (C=O) groups is 2. The maximum absolute atomic E-state index is 13.6. The SMILES string of the molecule is CCCCCCCCCCCCC/C=C/[C@@H](O)[C@H](CO[C@@H]1OC(CO)[C@@H](O[C@@H]2OC(CO)[C@H](O)[C@H](O[C@@H]3OC(CO)[C@@H](O[C@@H]4OC(CO)[C@H](O)[C@H](O[C@H]5OC(CO)[C@H](O)[C@H](O)C5O)C4O[C@H]4OC(C)[C@@H](O)C(O)[C@@H]4O)[C@H](O)C3NC(C)=O)C2O)[C@H](O)C1O)NC(=O)CCCCCCCCCCCCCCCCCCC. The molecular weight excluding hydrogens is 1450 g/mol. The van der Waals surface area contributed by atoms with E-state index in [4.69, 9.17) is 56.8 Å². The van der Waals surface area contributed by atoms with Crippen molar-refractivity contribution in [1.82, 2.24) is 10.6 Å². The van der Waals surface area contributed by atoms with E-state index < -0.39 is 242 Å². The highest BCUT2D eigenvalue weighted by molar-refractivity contribution is 5.76. The highest BCUT2D eigenvalue weighted by Crippen LogP contribution is 2.39. The normalized spacial score (nSPS) is 37.7. The van der Waals surface area contributed by atoms with Crippen molar-refractivity contribution in [2.75, 3.05) is 39.6 Å². The van der Waals surface area contributed by atoms with Crippen LogP contribution < -0.4 is 10.6 Å². The summed E-state index contributed by atoms with van der Waals surface area (Å²) in [6, 6.07) is -2.94. The molecule has 0 radical (unpaired) electrons. The summed E-state index contributed by atoms with van der Waals surface area (Å²) in [7, 11) is 0. The lowest BCUT2D eigenvalue weighted by Crippen LogP contribution is -2.70. The van der Waals surface area contributed by atoms with Gasteiger partial charge in [0.2, 0.25) is 11.8 Å². The molecular formula is C76H138N2O32. The predicted octanol–water partition coefficient (Wildman–Crippen LogP) is -0.760. The molecule has 32 atom stereocenters. The van der Waals surface area contributed by atoms with Crippen LogP contribution in [0.25, 0.3) is 0 Å². The lowest BCUT2D eigenvalue weighted by molar-refractivity contribution is -0.405. The Labute approximate surface area is 646 Å². The first kappa shape index (κ1) is 96.3. The summed E-state index contributed by atoms with van der Waals surface area (Å²) in [4.78, 5) is 26.6. The third-order valence-corrected chi connectivity index (χ3v) is 21.8. The molecule has 0 aliphatic carbocycles. The smallest absolute Gasteiger partial charge is 0.220 e. The predicted molar refractivity (Wildman–Crippen MR) is 390 cm³/mol. The summed E-state index contributed by atoms with van der Waals surface area (Å²) in [6.45, 7) is 1.27. The highest BCUT2D eigenvalue weighted by Gasteiger charge is 2.59. The Morgan fingerprint density at radius 3 is 1.25 bits per heavy atom. The zero-order chi connectivity index (χ0) is 80.4. The minimum Gasteiger partial charge on any atom is -0.394 e. The van der Waals surface area contributed by atoms with E-state index >= 15 is 0 Å². The summed E-state index contributed by atoms with van der Waals surface area (Å²) in [5.74, 6) is -1.22. The molecule has 20 N–H and O–H groups in total. The Morgan fingerprint density at radius 1 is 0.373 bits per heavy atom. The summed E-state index contributed by atoms with van der Waals surface area (Å²) >= 11 is 0. The number of unbranched alkanes of at least 4 members (excludes halogenated alkanes) is 27. The van der Waals surface area contributed by atoms with Gasteiger partial charge >= 0.3 is 0 Å². The van der Waals surface area contributed by atoms with Gasteiger partial charge in [0.15, 0.2) is 37.7 Å². The molecule has 6 saturated heterocycles. The van der Waals surface area contributed by atoms with Crippen LogP contribution in [0.15, 0.2) is 12.2 Å². The largest absolute Gasteiger partial charge is 0.394 e. The fraction of sp³-hybridized carbons (Fsp3) is 0.947. The van der Waals surface area contributed by atoms with Gasteiger partial charge in [-0.1, -0.05) is 193 Å². The molecule has 6 aliphatic heterocycles. The molecule has 644 valence electrons. The number of rotatable bonds is 52. The number of allylic oxidation sites excluding steroid dienone is 1. The van der Waals surface area contributed by atoms with Gasteiger partial charge in [0.1, 0.15) is 140 Å². The number of carbonyl (C=O) groups excluding carboxylic acids is 2. The Balaban J connectivity index is 1.11. The molecule has 6 heterocycles. The van der Waals surface area contributed by atoms with Crippen LogP contribution in [0.4, 0.5) is 0 Å². The van der Waals surface area contributed by atoms with E-state index in [0.29, 0.717) is 12.8 Å². The van der Waals surface area contributed by atoms with Gasteiger partial charge in [0, 0.05) is 13.3 Å². The van der Waals surface area contributed by atoms with Gasteiger partial charge in [-0.05, 0) is 26.2 Å². The third-order valence-electron chi connectivity index (χ3n) is 21.8. The summed E-state index contributed by atoms with van der Waals surface area (Å²) in [6.07, 6.45) is -19.8. The second kappa shape index (κ2) is 51.6. The second-order valence-electron chi connectivity index (χ2n) is 30.6. The van der Waals surface area contributed by atoms with Gasteiger partial charge in [0.05, 0.1) is 57.9 Å². The molecule has 6 aliphatic rings. The topological polar surface area (TPSA) is 533 Å². The summed E-state index contributed by atoms with van der Waals surface area (Å²) in [5, 5.41) is 206. The minimum atomic E-state index is -2.21. The van der Waals surface area contributed by atoms with E-state index in [0.717, 1.165) is 58.3 Å². The van der Waals surface area contributed by atoms with Crippen LogP contribution in [0.2, 0.25) is 0 Å². The van der Waals surface area contributed by atoms with Crippen molar-refractivity contribution in [2.45, 2.75) is 417 Å². The fourth-order valence-corrected chi connectivity index (χ4v) is 15.0. The number of hydrogen-bond acceptors (Lipinski definition) is 32. The van der Waals surface area contributed by atoms with Crippen LogP contribution in [0, 0.1) is 0 Å². The van der Waals surface area contributed by atoms with E-state index in [-0.39, 0.29) is 12.3 Å². The van der Waals surface area contributed by atoms with Gasteiger partial charge in [-0.2, -0.15) is 0 Å². The Hall–Kier alpha value is -2.52. The molecule has 0 spiro atoms. The summed E-state index contributed by atoms with van der Waals surface area (Å²) < 4.78 is 71.6. The van der Waals surface area contributed by atoms with Crippen molar-refractivity contribution >= 4 is 11.8 Å². The van der Waals surface area contributed by atoms with Crippen molar-refractivity contribution in [3.8, 4) is 0 Å². The van der Waals surface area contributed by atoms with Crippen LogP contribution in [-0.4, -0.2) is 340 Å². The number of amides is 2. The zero-order valence-corrected chi connectivity index (χ0v) is 64.9. The molecule has 110 heavy (non-hydrogen) atoms. The van der Waals surface area contributed by atoms with Crippen molar-refractivity contribution in [3.63, 3.8) is 0 Å². The average molecular weight is 1590 g/mol. The molecule has 0 aromatic carbocycles. The first-order valence-electron chi connectivity index (χ1n) is 40.8. The molecule has 34 nitrogen and oxygen atoms in total. The Morgan fingerprint density at radius 2 is 0.745 bits per heavy atom. The first-order valence-corrected chi connectivity index (χ1v) is 40.8. The maximum atomic E-state index is 13.6. The molecule has 6 fully saturated rings. The lowest BCUT2D eigenvalue weighted by atomic mass is 9.94. The molecule has 6 rings (SSSR count). The second-order valence-corrected chi connectivity index (χ2v) is 30.6. The van der Waals surface area contributed by atoms with Crippen LogP contribution >= 0.6 is 0 Å². The van der Waals surface area contributed by atoms with Crippen LogP contribution in [0.3, 0.4) is 0 Å². The van der Waals surface area contributed by atoms with Gasteiger partial charge < -0.3 is 159 Å². The quantitative estimate of drug-likeness (QED) is 0.0263. The van der Waals surface area contributed by atoms with Crippen LogP contribution in [0.5, 0.6) is 0 Å². The van der Waals surface area contributed by atoms with E-state index in [1.807, 2.05) is 6.08 Å². The molecule has 0 aromatic rings. The Bertz CT molecular complexity index is 2490. The number of nitrogens with one attached hydrogen (secondary N) is 2. The van der Waals surface area contributed by atoms with E-state index in [2.05, 4.69) is 24.5 Å². The van der Waals surface area contributed by atoms with E-state index in [9.17, 15) is 102 Å². The molecule has 0 bridgehead atoms. The highest BCUT2D eigenvalue weighted by atomic mass is 16.8. The lowest BCUT2D eigenvalue weighted by Gasteiger charge is -2.51. The van der Waals surface area contributed by atoms with Crippen LogP contribution in [-0.2, 0) is 66.4 Å². The zero-order valence-electron chi connectivity index (χ0n) is 64.9. The van der Waals surface area contributed by atoms with Crippen LogP contribution in [0.1, 0.15) is 220 Å². The van der Waals surface area contributed by atoms with Gasteiger partial charge in [-0.15, -0.1) is 0 Å². The van der Waals surface area contributed by atoms with Crippen molar-refractivity contribution in [2.24, 2.45) is 0 Å². The number of hydrogen-bond donors (Lipinski definition) is 20. The van der Waals surface area contributed by atoms with Crippen molar-refractivity contribution in [1.29, 1.82) is 0 Å². The summed E-state index contributed by atoms with van der Waals surface area (Å²) in [5.41, 5.74) is 0. The maximum Gasteiger partial charge on any atom is 0.220 e. The van der Waals surface area contributed by atoms with Crippen molar-refractivity contribution < 1.29 is 158 Å². The molecule has 2 amide bonds. The monoisotopic (exact) mass is 1590 g/mol. The van der Waals surface area contributed by atoms with Gasteiger partial charge in [-0.3, -0.25) is 9.59 Å². The molecule has 0 aromatic heterocycles. The molecule has 34 heteroatoms. The third kappa shape index (κ3) is 29.2. The standard InChI is InChI=1S/C76H138N2O32/c1-5-7-9-11-13-15-17-19-20-21-22-24-26-28-30-32-34-36-52(86)78-45(46(85)35-33-31-29-27-25-23-18-16-14-12-10-8-6-2)42-99-72-64(97)61(94)67(51(41-83)105-72)106-75-65(98)68(56(89)48(38-80)102-75)108-71-53(77-44(4)84)58(91)66(50(40-82)104-71)107-76-70(110-73-62(95)59(92)54(87)43(3)100-73)69(57(90)49(39-81)103-76)109-74-63(96)60(93)55(88)47(37-79)101-74/h33,35,43,45-51,53-76,79-83,85,87-98H,5-32,34,36-42H2,1-4H3,(H,77,84)(H,78,86)/b35-33+/t43?,45-,46+,47?,48?,49?,50?,51?,53?,54+,55-,56-,57-,58+,59?,60-,61+,62-,63?,64?,65?,66+,67+,68-,69-,70?,71-,72+,73+,74+,75-,76-/m0/s1. The number of aliphatic hydroxyl groups is 18. The van der Waals surface area contributed by atoms with Gasteiger partial charge in [-0.25, -0.2) is 0 Å². The fourth-order valence-electron chi connectivity index (χ4n) is 15.0. The first-order chi connectivity index (χ1) is 52.9. The average Bonchev–Trinajstić information content (AvgIpc) is 0.771. The minimum absolute atomic E-state index is 0.177. The molecule has 12 unspecified atom stereocenters. The number of aliphatic hydroxyl groups excluding tert-OH is 18. The van der Waals surface area contributed by atoms with E-state index in [1.54, 1.807) is 6.08 Å². The van der Waals surface area contributed by atoms with E-state index in [1.165, 1.54) is 129 Å². The molecule has 0 saturated carbocycles. The van der Waals surface area contributed by atoms with Gasteiger partial charge in [0.25, 0.3) is 0 Å². The number of ether oxygens (including phenoxy) is 12. The van der Waals surface area contributed by atoms with Crippen molar-refractivity contribution in [3.05, 3.63) is 12.2 Å².